The van der Waals surface area contributed by atoms with Crippen molar-refractivity contribution in [2.45, 2.75) is 0 Å². The number of hydrogen-bond acceptors (Lipinski definition) is 4. The van der Waals surface area contributed by atoms with Gasteiger partial charge < -0.3 is 4.90 Å². The first-order valence-corrected chi connectivity index (χ1v) is 8.40. The Kier molecular flexibility index (Phi) is 3.30. The lowest BCUT2D eigenvalue weighted by Gasteiger charge is -2.42. The van der Waals surface area contributed by atoms with Crippen LogP contribution in [0.25, 0.3) is 10.8 Å². The summed E-state index contributed by atoms with van der Waals surface area (Å²) in [6.07, 6.45) is 0. The fraction of sp³-hybridized carbons (Fsp3) is 0.267. The summed E-state index contributed by atoms with van der Waals surface area (Å²) in [4.78, 5) is 2.17. The van der Waals surface area contributed by atoms with Gasteiger partial charge in [0.25, 0.3) is 0 Å². The van der Waals surface area contributed by atoms with Crippen molar-refractivity contribution in [2.24, 2.45) is 0 Å². The Bertz CT molecular complexity index is 684. The van der Waals surface area contributed by atoms with Gasteiger partial charge in [0.1, 0.15) is 0 Å². The highest BCUT2D eigenvalue weighted by Crippen LogP contribution is 2.42. The van der Waals surface area contributed by atoms with Crippen LogP contribution in [-0.4, -0.2) is 33.7 Å². The largest absolute Gasteiger partial charge is 0.368 e. The molecule has 4 nitrogen and oxygen atoms in total. The lowest BCUT2D eigenvalue weighted by molar-refractivity contribution is 0.479. The van der Waals surface area contributed by atoms with Crippen LogP contribution in [0, 0.1) is 11.3 Å². The first-order chi connectivity index (χ1) is 9.61. The van der Waals surface area contributed by atoms with E-state index in [-0.39, 0.29) is 0 Å². The molecule has 0 aromatic heterocycles. The fourth-order valence-electron chi connectivity index (χ4n) is 2.62. The van der Waals surface area contributed by atoms with Crippen LogP contribution in [0.4, 0.5) is 5.69 Å². The molecule has 20 heavy (non-hydrogen) atoms. The predicted molar refractivity (Wildman–Crippen MR) is 83.5 cm³/mol. The second-order valence-electron chi connectivity index (χ2n) is 4.99. The van der Waals surface area contributed by atoms with Gasteiger partial charge in [-0.1, -0.05) is 24.3 Å². The summed E-state index contributed by atoms with van der Waals surface area (Å²) in [6, 6.07) is 13.9. The molecule has 1 aliphatic heterocycles. The molecule has 2 aromatic rings. The van der Waals surface area contributed by atoms with Crippen LogP contribution < -0.4 is 4.90 Å². The van der Waals surface area contributed by atoms with E-state index in [1.165, 1.54) is 0 Å². The topological polar surface area (TPSA) is 67.5 Å². The summed E-state index contributed by atoms with van der Waals surface area (Å²) < 4.78 is 19.4. The third kappa shape index (κ3) is 2.34. The van der Waals surface area contributed by atoms with Crippen molar-refractivity contribution < 1.29 is 9.11 Å². The molecule has 1 saturated heterocycles. The highest BCUT2D eigenvalue weighted by atomic mass is 32.3. The highest BCUT2D eigenvalue weighted by molar-refractivity contribution is 8.24. The van der Waals surface area contributed by atoms with E-state index >= 15 is 0 Å². The van der Waals surface area contributed by atoms with Gasteiger partial charge in [-0.05, 0) is 12.1 Å². The van der Waals surface area contributed by atoms with Crippen molar-refractivity contribution in [1.82, 2.24) is 0 Å². The molecule has 5 heteroatoms. The van der Waals surface area contributed by atoms with Crippen molar-refractivity contribution in [2.75, 3.05) is 29.5 Å². The molecule has 0 unspecified atom stereocenters. The Hall–Kier alpha value is -1.74. The Morgan fingerprint density at radius 3 is 2.30 bits per heavy atom. The van der Waals surface area contributed by atoms with Gasteiger partial charge in [0.2, 0.25) is 0 Å². The Balaban J connectivity index is 2.03. The van der Waals surface area contributed by atoms with Crippen LogP contribution >= 0.6 is 10.6 Å². The molecule has 0 atom stereocenters. The van der Waals surface area contributed by atoms with Crippen LogP contribution in [0.1, 0.15) is 5.56 Å². The van der Waals surface area contributed by atoms with Gasteiger partial charge in [-0.25, -0.2) is 0 Å². The molecule has 3 rings (SSSR count). The van der Waals surface area contributed by atoms with Gasteiger partial charge in [-0.2, -0.15) is 15.9 Å². The number of nitriles is 1. The highest BCUT2D eigenvalue weighted by Gasteiger charge is 2.23. The molecule has 2 aromatic carbocycles. The molecule has 104 valence electrons. The molecule has 0 aliphatic carbocycles. The molecule has 2 N–H and O–H groups in total. The Morgan fingerprint density at radius 1 is 1.00 bits per heavy atom. The number of benzene rings is 2. The van der Waals surface area contributed by atoms with E-state index in [0.717, 1.165) is 16.5 Å². The SMILES string of the molecule is N#Cc1ccc(N2CCS(O)(O)CC2)c2ccccc12. The summed E-state index contributed by atoms with van der Waals surface area (Å²) in [5, 5.41) is 11.2. The predicted octanol–water partition coefficient (Wildman–Crippen LogP) is 3.28. The summed E-state index contributed by atoms with van der Waals surface area (Å²) in [7, 11) is -2.38. The number of anilines is 1. The maximum Gasteiger partial charge on any atom is 0.0998 e. The van der Waals surface area contributed by atoms with E-state index in [0.29, 0.717) is 30.2 Å². The van der Waals surface area contributed by atoms with E-state index in [2.05, 4.69) is 11.0 Å². The van der Waals surface area contributed by atoms with Crippen molar-refractivity contribution >= 4 is 27.0 Å². The fourth-order valence-corrected chi connectivity index (χ4v) is 3.85. The quantitative estimate of drug-likeness (QED) is 0.845. The lowest BCUT2D eigenvalue weighted by Crippen LogP contribution is -2.38. The minimum atomic E-state index is -2.38. The number of nitrogens with zero attached hydrogens (tertiary/aromatic N) is 2. The van der Waals surface area contributed by atoms with Crippen molar-refractivity contribution in [1.29, 1.82) is 5.26 Å². The average molecular weight is 288 g/mol. The first-order valence-electron chi connectivity index (χ1n) is 6.51. The third-order valence-electron chi connectivity index (χ3n) is 3.74. The summed E-state index contributed by atoms with van der Waals surface area (Å²) in [5.41, 5.74) is 1.74. The van der Waals surface area contributed by atoms with E-state index in [1.54, 1.807) is 0 Å². The molecule has 0 amide bonds. The Morgan fingerprint density at radius 2 is 1.65 bits per heavy atom. The monoisotopic (exact) mass is 288 g/mol. The molecule has 0 spiro atoms. The second kappa shape index (κ2) is 4.98. The van der Waals surface area contributed by atoms with Crippen molar-refractivity contribution in [3.63, 3.8) is 0 Å². The Labute approximate surface area is 119 Å². The van der Waals surface area contributed by atoms with Crippen LogP contribution in [0.5, 0.6) is 0 Å². The zero-order chi connectivity index (χ0) is 14.2. The van der Waals surface area contributed by atoms with Gasteiger partial charge in [0.15, 0.2) is 0 Å². The smallest absolute Gasteiger partial charge is 0.0998 e. The van der Waals surface area contributed by atoms with Gasteiger partial charge in [-0.15, -0.1) is 0 Å². The molecule has 0 bridgehead atoms. The average Bonchev–Trinajstić information content (AvgIpc) is 2.46. The molecule has 0 radical (unpaired) electrons. The minimum absolute atomic E-state index is 0.418. The number of hydrogen-bond donors (Lipinski definition) is 2. The first kappa shape index (κ1) is 13.3. The summed E-state index contributed by atoms with van der Waals surface area (Å²) in [5.74, 6) is 0.836. The zero-order valence-electron chi connectivity index (χ0n) is 11.0. The number of fused-ring (bicyclic) bond motifs is 1. The molecular formula is C15H16N2O2S. The molecule has 1 fully saturated rings. The lowest BCUT2D eigenvalue weighted by atomic mass is 10.0. The maximum atomic E-state index is 9.70. The van der Waals surface area contributed by atoms with Gasteiger partial charge >= 0.3 is 0 Å². The van der Waals surface area contributed by atoms with E-state index in [9.17, 15) is 14.4 Å². The molecule has 1 aliphatic rings. The second-order valence-corrected chi connectivity index (χ2v) is 7.41. The summed E-state index contributed by atoms with van der Waals surface area (Å²) >= 11 is 0. The molecule has 0 saturated carbocycles. The number of rotatable bonds is 1. The third-order valence-corrected chi connectivity index (χ3v) is 5.41. The van der Waals surface area contributed by atoms with Gasteiger partial charge in [0.05, 0.1) is 23.1 Å². The minimum Gasteiger partial charge on any atom is -0.368 e. The van der Waals surface area contributed by atoms with Crippen LogP contribution in [0.3, 0.4) is 0 Å². The maximum absolute atomic E-state index is 9.70. The summed E-state index contributed by atoms with van der Waals surface area (Å²) in [6.45, 7) is 1.27. The van der Waals surface area contributed by atoms with Crippen LogP contribution in [-0.2, 0) is 0 Å². The molecular weight excluding hydrogens is 272 g/mol. The molecule has 1 heterocycles. The van der Waals surface area contributed by atoms with E-state index in [1.807, 2.05) is 36.4 Å². The van der Waals surface area contributed by atoms with Gasteiger partial charge in [-0.3, -0.25) is 9.11 Å². The van der Waals surface area contributed by atoms with Gasteiger partial charge in [0, 0.05) is 29.5 Å². The standard InChI is InChI=1S/C15H16N2O2S/c16-11-12-5-6-15(14-4-2-1-3-13(12)14)17-7-9-20(18,19)10-8-17/h1-6,18-19H,7-10H2. The normalized spacial score (nSPS) is 19.6. The zero-order valence-corrected chi connectivity index (χ0v) is 11.8. The van der Waals surface area contributed by atoms with Crippen LogP contribution in [0.15, 0.2) is 36.4 Å². The van der Waals surface area contributed by atoms with E-state index < -0.39 is 10.6 Å². The van der Waals surface area contributed by atoms with Crippen molar-refractivity contribution in [3.05, 3.63) is 42.0 Å². The van der Waals surface area contributed by atoms with Crippen LogP contribution in [0.2, 0.25) is 0 Å². The van der Waals surface area contributed by atoms with Crippen molar-refractivity contribution in [3.8, 4) is 6.07 Å². The van der Waals surface area contributed by atoms with E-state index in [4.69, 9.17) is 0 Å².